The molecule has 0 aromatic carbocycles. The summed E-state index contributed by atoms with van der Waals surface area (Å²) in [5, 5.41) is 10.5. The third-order valence-electron chi connectivity index (χ3n) is 2.66. The van der Waals surface area contributed by atoms with E-state index in [0.29, 0.717) is 0 Å². The number of rotatable bonds is 3. The van der Waals surface area contributed by atoms with Gasteiger partial charge in [0, 0.05) is 25.7 Å². The molecule has 78 valence electrons. The predicted molar refractivity (Wildman–Crippen MR) is 57.4 cm³/mol. The highest BCUT2D eigenvalue weighted by Gasteiger charge is 2.13. The molecule has 1 aromatic heterocycles. The zero-order chi connectivity index (χ0) is 9.80. The lowest BCUT2D eigenvalue weighted by molar-refractivity contribution is 0.573. The fourth-order valence-corrected chi connectivity index (χ4v) is 1.92. The third kappa shape index (κ3) is 2.07. The van der Waals surface area contributed by atoms with E-state index >= 15 is 0 Å². The van der Waals surface area contributed by atoms with Crippen LogP contribution in [-0.2, 0) is 6.54 Å². The fourth-order valence-electron chi connectivity index (χ4n) is 1.92. The summed E-state index contributed by atoms with van der Waals surface area (Å²) in [5.41, 5.74) is 1.16. The van der Waals surface area contributed by atoms with Crippen molar-refractivity contribution in [2.24, 2.45) is 0 Å². The Hall–Kier alpha value is -1.03. The molecule has 4 heteroatoms. The Morgan fingerprint density at radius 2 is 2.21 bits per heavy atom. The molecule has 4 nitrogen and oxygen atoms in total. The van der Waals surface area contributed by atoms with Gasteiger partial charge in [-0.2, -0.15) is 5.10 Å². The van der Waals surface area contributed by atoms with E-state index in [4.69, 9.17) is 0 Å². The molecular weight excluding hydrogens is 176 g/mol. The molecule has 0 aliphatic carbocycles. The van der Waals surface area contributed by atoms with E-state index in [1.807, 2.05) is 7.05 Å². The van der Waals surface area contributed by atoms with Crippen molar-refractivity contribution in [3.8, 4) is 0 Å². The predicted octanol–water partition coefficient (Wildman–Crippen LogP) is 1.12. The van der Waals surface area contributed by atoms with Gasteiger partial charge in [-0.1, -0.05) is 0 Å². The van der Waals surface area contributed by atoms with Gasteiger partial charge >= 0.3 is 0 Å². The van der Waals surface area contributed by atoms with Gasteiger partial charge in [0.1, 0.15) is 0 Å². The second kappa shape index (κ2) is 4.46. The summed E-state index contributed by atoms with van der Waals surface area (Å²) in [4.78, 5) is 2.36. The molecule has 2 rings (SSSR count). The smallest absolute Gasteiger partial charge is 0.150 e. The quantitative estimate of drug-likeness (QED) is 0.758. The topological polar surface area (TPSA) is 44.0 Å². The monoisotopic (exact) mass is 194 g/mol. The first-order chi connectivity index (χ1) is 6.90. The molecule has 0 saturated carbocycles. The van der Waals surface area contributed by atoms with Gasteiger partial charge < -0.3 is 10.2 Å². The number of piperidine rings is 1. The Bertz CT molecular complexity index is 275. The first-order valence-corrected chi connectivity index (χ1v) is 5.34. The van der Waals surface area contributed by atoms with Gasteiger partial charge in [0.05, 0.1) is 5.69 Å². The standard InChI is InChI=1S/C10H18N4/c1-11-8-9-7-10(13-12-9)14-5-3-2-4-6-14/h7,11H,2-6,8H2,1H3,(H,12,13). The van der Waals surface area contributed by atoms with Crippen molar-refractivity contribution in [3.05, 3.63) is 11.8 Å². The van der Waals surface area contributed by atoms with Gasteiger partial charge in [-0.05, 0) is 26.3 Å². The maximum absolute atomic E-state index is 4.32. The van der Waals surface area contributed by atoms with E-state index in [0.717, 1.165) is 31.1 Å². The van der Waals surface area contributed by atoms with E-state index in [-0.39, 0.29) is 0 Å². The molecule has 0 unspecified atom stereocenters. The molecule has 0 atom stereocenters. The average Bonchev–Trinajstić information content (AvgIpc) is 2.68. The molecule has 1 fully saturated rings. The van der Waals surface area contributed by atoms with Crippen LogP contribution >= 0.6 is 0 Å². The van der Waals surface area contributed by atoms with Crippen LogP contribution in [-0.4, -0.2) is 30.3 Å². The van der Waals surface area contributed by atoms with Crippen LogP contribution in [0.25, 0.3) is 0 Å². The molecule has 1 aliphatic rings. The second-order valence-electron chi connectivity index (χ2n) is 3.83. The number of anilines is 1. The Labute approximate surface area is 84.7 Å². The highest BCUT2D eigenvalue weighted by molar-refractivity contribution is 5.39. The largest absolute Gasteiger partial charge is 0.355 e. The van der Waals surface area contributed by atoms with Crippen molar-refractivity contribution in [2.45, 2.75) is 25.8 Å². The van der Waals surface area contributed by atoms with Gasteiger partial charge in [0.15, 0.2) is 5.82 Å². The van der Waals surface area contributed by atoms with Crippen molar-refractivity contribution in [1.29, 1.82) is 0 Å². The molecule has 2 N–H and O–H groups in total. The molecule has 1 aliphatic heterocycles. The minimum Gasteiger partial charge on any atom is -0.355 e. The van der Waals surface area contributed by atoms with Gasteiger partial charge in [-0.15, -0.1) is 0 Å². The normalized spacial score (nSPS) is 17.4. The average molecular weight is 194 g/mol. The first kappa shape index (κ1) is 9.52. The minimum absolute atomic E-state index is 0.862. The molecule has 0 radical (unpaired) electrons. The minimum atomic E-state index is 0.862. The van der Waals surface area contributed by atoms with Crippen molar-refractivity contribution in [3.63, 3.8) is 0 Å². The maximum Gasteiger partial charge on any atom is 0.150 e. The Morgan fingerprint density at radius 3 is 2.93 bits per heavy atom. The zero-order valence-corrected chi connectivity index (χ0v) is 8.71. The van der Waals surface area contributed by atoms with E-state index in [1.54, 1.807) is 0 Å². The summed E-state index contributed by atoms with van der Waals surface area (Å²) >= 11 is 0. The van der Waals surface area contributed by atoms with Crippen LogP contribution in [0.5, 0.6) is 0 Å². The molecule has 1 saturated heterocycles. The zero-order valence-electron chi connectivity index (χ0n) is 8.71. The van der Waals surface area contributed by atoms with Gasteiger partial charge in [-0.25, -0.2) is 0 Å². The number of H-pyrrole nitrogens is 1. The number of aromatic amines is 1. The Morgan fingerprint density at radius 1 is 1.43 bits per heavy atom. The molecule has 2 heterocycles. The SMILES string of the molecule is CNCc1cc(N2CCCCC2)n[nH]1. The van der Waals surface area contributed by atoms with Crippen LogP contribution in [0.4, 0.5) is 5.82 Å². The first-order valence-electron chi connectivity index (χ1n) is 5.34. The summed E-state index contributed by atoms with van der Waals surface area (Å²) in [5.74, 6) is 1.11. The number of nitrogens with zero attached hydrogens (tertiary/aromatic N) is 2. The van der Waals surface area contributed by atoms with Crippen LogP contribution in [0.2, 0.25) is 0 Å². The van der Waals surface area contributed by atoms with Crippen LogP contribution in [0.3, 0.4) is 0 Å². The van der Waals surface area contributed by atoms with Crippen LogP contribution in [0, 0.1) is 0 Å². The summed E-state index contributed by atoms with van der Waals surface area (Å²) in [7, 11) is 1.95. The van der Waals surface area contributed by atoms with E-state index in [9.17, 15) is 0 Å². The van der Waals surface area contributed by atoms with Crippen LogP contribution in [0.15, 0.2) is 6.07 Å². The van der Waals surface area contributed by atoms with Crippen LogP contribution in [0.1, 0.15) is 25.0 Å². The number of hydrogen-bond donors (Lipinski definition) is 2. The molecule has 0 spiro atoms. The molecule has 0 bridgehead atoms. The van der Waals surface area contributed by atoms with E-state index < -0.39 is 0 Å². The molecule has 14 heavy (non-hydrogen) atoms. The number of aromatic nitrogens is 2. The van der Waals surface area contributed by atoms with Gasteiger partial charge in [0.2, 0.25) is 0 Å². The maximum atomic E-state index is 4.32. The Kier molecular flexibility index (Phi) is 3.03. The van der Waals surface area contributed by atoms with Crippen molar-refractivity contribution in [1.82, 2.24) is 15.5 Å². The second-order valence-corrected chi connectivity index (χ2v) is 3.83. The summed E-state index contributed by atoms with van der Waals surface area (Å²) < 4.78 is 0. The molecule has 1 aromatic rings. The summed E-state index contributed by atoms with van der Waals surface area (Å²) in [6, 6.07) is 2.14. The lowest BCUT2D eigenvalue weighted by Crippen LogP contribution is -2.29. The van der Waals surface area contributed by atoms with Gasteiger partial charge in [-0.3, -0.25) is 5.10 Å². The van der Waals surface area contributed by atoms with E-state index in [1.165, 1.54) is 19.3 Å². The molecular formula is C10H18N4. The third-order valence-corrected chi connectivity index (χ3v) is 2.66. The number of hydrogen-bond acceptors (Lipinski definition) is 3. The highest BCUT2D eigenvalue weighted by atomic mass is 15.3. The molecule has 0 amide bonds. The lowest BCUT2D eigenvalue weighted by atomic mass is 10.1. The summed E-state index contributed by atoms with van der Waals surface area (Å²) in [6.07, 6.45) is 3.97. The lowest BCUT2D eigenvalue weighted by Gasteiger charge is -2.26. The summed E-state index contributed by atoms with van der Waals surface area (Å²) in [6.45, 7) is 3.18. The van der Waals surface area contributed by atoms with E-state index in [2.05, 4.69) is 26.5 Å². The highest BCUT2D eigenvalue weighted by Crippen LogP contribution is 2.17. The van der Waals surface area contributed by atoms with Crippen LogP contribution < -0.4 is 10.2 Å². The number of nitrogens with one attached hydrogen (secondary N) is 2. The van der Waals surface area contributed by atoms with Gasteiger partial charge in [0.25, 0.3) is 0 Å². The van der Waals surface area contributed by atoms with Crippen molar-refractivity contribution < 1.29 is 0 Å². The van der Waals surface area contributed by atoms with Crippen molar-refractivity contribution >= 4 is 5.82 Å². The fraction of sp³-hybridized carbons (Fsp3) is 0.700. The Balaban J connectivity index is 2.00. The van der Waals surface area contributed by atoms with Crippen molar-refractivity contribution in [2.75, 3.05) is 25.0 Å².